The maximum absolute atomic E-state index is 5.26. The van der Waals surface area contributed by atoms with Crippen LogP contribution in [0.4, 0.5) is 0 Å². The van der Waals surface area contributed by atoms with Gasteiger partial charge >= 0.3 is 0 Å². The highest BCUT2D eigenvalue weighted by Crippen LogP contribution is 2.15. The van der Waals surface area contributed by atoms with Crippen molar-refractivity contribution in [3.63, 3.8) is 0 Å². The molecular weight excluding hydrogens is 222 g/mol. The highest BCUT2D eigenvalue weighted by molar-refractivity contribution is 7.71. The number of aromatic amines is 1. The molecule has 0 saturated carbocycles. The third-order valence-corrected chi connectivity index (χ3v) is 3.15. The molecule has 5 heteroatoms. The van der Waals surface area contributed by atoms with E-state index in [2.05, 4.69) is 21.6 Å². The van der Waals surface area contributed by atoms with E-state index in [1.807, 2.05) is 20.0 Å². The minimum Gasteiger partial charge on any atom is -0.361 e. The standard InChI is InChI=1S/C11H15N3OS/c1-4-9-5-12-11(16)14(9)6-10-7(2)13-15-8(10)3/h5H,4,6H2,1-3H3,(H,12,16). The average Bonchev–Trinajstić information content (AvgIpc) is 2.77. The molecule has 0 saturated heterocycles. The van der Waals surface area contributed by atoms with Crippen LogP contribution in [0.15, 0.2) is 10.7 Å². The SMILES string of the molecule is CCc1c[nH]c(=S)n1Cc1c(C)noc1C. The summed E-state index contributed by atoms with van der Waals surface area (Å²) >= 11 is 5.26. The highest BCUT2D eigenvalue weighted by Gasteiger charge is 2.11. The molecule has 0 amide bonds. The lowest BCUT2D eigenvalue weighted by molar-refractivity contribution is 0.392. The number of aryl methyl sites for hydroxylation is 3. The normalized spacial score (nSPS) is 10.9. The molecule has 0 aliphatic carbocycles. The number of imidazole rings is 1. The number of H-pyrrole nitrogens is 1. The van der Waals surface area contributed by atoms with Gasteiger partial charge < -0.3 is 14.1 Å². The second-order valence-corrected chi connectivity index (χ2v) is 4.21. The lowest BCUT2D eigenvalue weighted by Gasteiger charge is -2.06. The molecule has 0 fully saturated rings. The van der Waals surface area contributed by atoms with Gasteiger partial charge in [0.2, 0.25) is 0 Å². The largest absolute Gasteiger partial charge is 0.361 e. The molecular formula is C11H15N3OS. The van der Waals surface area contributed by atoms with Gasteiger partial charge in [-0.15, -0.1) is 0 Å². The summed E-state index contributed by atoms with van der Waals surface area (Å²) < 4.78 is 7.98. The van der Waals surface area contributed by atoms with Crippen LogP contribution in [0.5, 0.6) is 0 Å². The summed E-state index contributed by atoms with van der Waals surface area (Å²) in [5, 5.41) is 3.95. The van der Waals surface area contributed by atoms with Crippen LogP contribution in [-0.2, 0) is 13.0 Å². The summed E-state index contributed by atoms with van der Waals surface area (Å²) in [6.07, 6.45) is 2.91. The zero-order valence-electron chi connectivity index (χ0n) is 9.70. The highest BCUT2D eigenvalue weighted by atomic mass is 32.1. The Balaban J connectivity index is 2.41. The first-order valence-electron chi connectivity index (χ1n) is 5.32. The molecule has 1 N–H and O–H groups in total. The Bertz CT molecular complexity index is 530. The minimum atomic E-state index is 0.729. The molecule has 2 aromatic heterocycles. The van der Waals surface area contributed by atoms with E-state index in [-0.39, 0.29) is 0 Å². The molecule has 16 heavy (non-hydrogen) atoms. The summed E-state index contributed by atoms with van der Waals surface area (Å²) in [4.78, 5) is 3.07. The number of nitrogens with one attached hydrogen (secondary N) is 1. The fourth-order valence-corrected chi connectivity index (χ4v) is 2.02. The molecule has 86 valence electrons. The van der Waals surface area contributed by atoms with E-state index in [1.54, 1.807) is 0 Å². The predicted octanol–water partition coefficient (Wildman–Crippen LogP) is 2.76. The van der Waals surface area contributed by atoms with Gasteiger partial charge in [-0.3, -0.25) is 0 Å². The lowest BCUT2D eigenvalue weighted by atomic mass is 10.2. The average molecular weight is 237 g/mol. The van der Waals surface area contributed by atoms with Crippen molar-refractivity contribution in [3.8, 4) is 0 Å². The van der Waals surface area contributed by atoms with E-state index >= 15 is 0 Å². The summed E-state index contributed by atoms with van der Waals surface area (Å²) in [7, 11) is 0. The number of nitrogens with zero attached hydrogens (tertiary/aromatic N) is 2. The summed E-state index contributed by atoms with van der Waals surface area (Å²) in [5.41, 5.74) is 3.25. The van der Waals surface area contributed by atoms with E-state index < -0.39 is 0 Å². The van der Waals surface area contributed by atoms with Crippen LogP contribution in [0.25, 0.3) is 0 Å². The first kappa shape index (κ1) is 11.1. The van der Waals surface area contributed by atoms with Gasteiger partial charge in [0.1, 0.15) is 5.76 Å². The van der Waals surface area contributed by atoms with E-state index in [1.165, 1.54) is 5.69 Å². The monoisotopic (exact) mass is 237 g/mol. The Kier molecular flexibility index (Phi) is 2.96. The lowest BCUT2D eigenvalue weighted by Crippen LogP contribution is -2.05. The fourth-order valence-electron chi connectivity index (χ4n) is 1.78. The van der Waals surface area contributed by atoms with E-state index in [9.17, 15) is 0 Å². The van der Waals surface area contributed by atoms with Gasteiger partial charge in [-0.25, -0.2) is 0 Å². The quantitative estimate of drug-likeness (QED) is 0.835. The van der Waals surface area contributed by atoms with Gasteiger partial charge in [-0.2, -0.15) is 0 Å². The van der Waals surface area contributed by atoms with Crippen molar-refractivity contribution in [2.75, 3.05) is 0 Å². The third-order valence-electron chi connectivity index (χ3n) is 2.81. The summed E-state index contributed by atoms with van der Waals surface area (Å²) in [6.45, 7) is 6.72. The number of rotatable bonds is 3. The van der Waals surface area contributed by atoms with Crippen molar-refractivity contribution in [3.05, 3.63) is 33.7 Å². The zero-order chi connectivity index (χ0) is 11.7. The van der Waals surface area contributed by atoms with Gasteiger partial charge in [0.05, 0.1) is 12.2 Å². The molecule has 0 aliphatic rings. The van der Waals surface area contributed by atoms with Crippen LogP contribution in [0, 0.1) is 18.6 Å². The van der Waals surface area contributed by atoms with E-state index in [0.29, 0.717) is 0 Å². The van der Waals surface area contributed by atoms with Crippen LogP contribution in [0.1, 0.15) is 29.6 Å². The molecule has 0 bridgehead atoms. The molecule has 2 aromatic rings. The van der Waals surface area contributed by atoms with Crippen molar-refractivity contribution in [2.24, 2.45) is 0 Å². The van der Waals surface area contributed by atoms with Gasteiger partial charge in [-0.05, 0) is 32.5 Å². The van der Waals surface area contributed by atoms with Gasteiger partial charge in [0.25, 0.3) is 0 Å². The second-order valence-electron chi connectivity index (χ2n) is 3.83. The molecule has 0 radical (unpaired) electrons. The predicted molar refractivity (Wildman–Crippen MR) is 64.1 cm³/mol. The molecule has 4 nitrogen and oxygen atoms in total. The van der Waals surface area contributed by atoms with Crippen LogP contribution in [0.3, 0.4) is 0 Å². The van der Waals surface area contributed by atoms with Crippen molar-refractivity contribution in [2.45, 2.75) is 33.7 Å². The third kappa shape index (κ3) is 1.82. The van der Waals surface area contributed by atoms with Crippen molar-refractivity contribution in [1.29, 1.82) is 0 Å². The van der Waals surface area contributed by atoms with Crippen LogP contribution >= 0.6 is 12.2 Å². The fraction of sp³-hybridized carbons (Fsp3) is 0.455. The maximum Gasteiger partial charge on any atom is 0.177 e. The summed E-state index contributed by atoms with van der Waals surface area (Å²) in [5.74, 6) is 0.864. The Morgan fingerprint density at radius 3 is 2.81 bits per heavy atom. The van der Waals surface area contributed by atoms with Gasteiger partial charge in [-0.1, -0.05) is 12.1 Å². The van der Waals surface area contributed by atoms with Crippen molar-refractivity contribution < 1.29 is 4.52 Å². The van der Waals surface area contributed by atoms with Gasteiger partial charge in [0, 0.05) is 17.5 Å². The van der Waals surface area contributed by atoms with Crippen LogP contribution < -0.4 is 0 Å². The Morgan fingerprint density at radius 2 is 2.25 bits per heavy atom. The molecule has 2 rings (SSSR count). The van der Waals surface area contributed by atoms with Crippen LogP contribution in [0.2, 0.25) is 0 Å². The Hall–Kier alpha value is -1.36. The van der Waals surface area contributed by atoms with Crippen LogP contribution in [-0.4, -0.2) is 14.7 Å². The zero-order valence-corrected chi connectivity index (χ0v) is 10.5. The Morgan fingerprint density at radius 1 is 1.50 bits per heavy atom. The molecule has 0 aliphatic heterocycles. The first-order chi connectivity index (χ1) is 7.63. The van der Waals surface area contributed by atoms with Gasteiger partial charge in [0.15, 0.2) is 4.77 Å². The molecule has 2 heterocycles. The number of hydrogen-bond acceptors (Lipinski definition) is 3. The molecule has 0 atom stereocenters. The number of hydrogen-bond donors (Lipinski definition) is 1. The molecule has 0 aromatic carbocycles. The summed E-state index contributed by atoms with van der Waals surface area (Å²) in [6, 6.07) is 0. The second kappa shape index (κ2) is 4.25. The minimum absolute atomic E-state index is 0.729. The first-order valence-corrected chi connectivity index (χ1v) is 5.73. The van der Waals surface area contributed by atoms with E-state index in [4.69, 9.17) is 16.7 Å². The van der Waals surface area contributed by atoms with Crippen molar-refractivity contribution >= 4 is 12.2 Å². The number of aromatic nitrogens is 3. The molecule has 0 spiro atoms. The topological polar surface area (TPSA) is 46.8 Å². The Labute approximate surface area is 99.3 Å². The maximum atomic E-state index is 5.26. The smallest absolute Gasteiger partial charge is 0.177 e. The molecule has 0 unspecified atom stereocenters. The van der Waals surface area contributed by atoms with E-state index in [0.717, 1.165) is 34.8 Å². The van der Waals surface area contributed by atoms with Crippen molar-refractivity contribution in [1.82, 2.24) is 14.7 Å².